The van der Waals surface area contributed by atoms with Crippen molar-refractivity contribution in [3.05, 3.63) is 64.7 Å². The molecule has 0 bridgehead atoms. The number of carbonyl (C=O) groups is 1. The summed E-state index contributed by atoms with van der Waals surface area (Å²) in [4.78, 5) is 16.8. The number of nitrogens with one attached hydrogen (secondary N) is 1. The van der Waals surface area contributed by atoms with Crippen LogP contribution in [0.1, 0.15) is 25.0 Å². The molecule has 0 aromatic heterocycles. The van der Waals surface area contributed by atoms with E-state index in [0.717, 1.165) is 11.1 Å². The Balaban J connectivity index is 2.08. The van der Waals surface area contributed by atoms with Gasteiger partial charge in [-0.25, -0.2) is 4.79 Å². The topological polar surface area (TPSA) is 50.7 Å². The first-order chi connectivity index (χ1) is 11.0. The molecule has 0 radical (unpaired) electrons. The van der Waals surface area contributed by atoms with Gasteiger partial charge >= 0.3 is 6.09 Å². The molecule has 2 rings (SSSR count). The second-order valence-corrected chi connectivity index (χ2v) is 5.95. The standard InChI is InChI=1S/C18H19ClN2O2/c1-12(2)17(14-9-7-13(3)8-10-14)21-23-18(22)20-16-6-4-5-15(19)11-16/h4-12H,1-3H3,(H,20,22)/b21-17+. The number of oxime groups is 1. The lowest BCUT2D eigenvalue weighted by atomic mass is 9.99. The number of halogens is 1. The summed E-state index contributed by atoms with van der Waals surface area (Å²) >= 11 is 5.87. The Kier molecular flexibility index (Phi) is 5.77. The summed E-state index contributed by atoms with van der Waals surface area (Å²) < 4.78 is 0. The minimum Gasteiger partial charge on any atom is -0.297 e. The molecule has 0 aliphatic carbocycles. The molecule has 1 amide bonds. The zero-order valence-corrected chi connectivity index (χ0v) is 14.1. The summed E-state index contributed by atoms with van der Waals surface area (Å²) in [5.74, 6) is 0.122. The summed E-state index contributed by atoms with van der Waals surface area (Å²) in [7, 11) is 0. The number of benzene rings is 2. The zero-order chi connectivity index (χ0) is 16.8. The van der Waals surface area contributed by atoms with E-state index in [0.29, 0.717) is 16.4 Å². The van der Waals surface area contributed by atoms with Crippen molar-refractivity contribution in [3.8, 4) is 0 Å². The van der Waals surface area contributed by atoms with Crippen LogP contribution in [0.3, 0.4) is 0 Å². The first kappa shape index (κ1) is 17.0. The fourth-order valence-corrected chi connectivity index (χ4v) is 2.20. The maximum Gasteiger partial charge on any atom is 0.437 e. The molecule has 0 atom stereocenters. The van der Waals surface area contributed by atoms with Gasteiger partial charge in [0.1, 0.15) is 0 Å². The summed E-state index contributed by atoms with van der Waals surface area (Å²) in [6.45, 7) is 6.01. The average Bonchev–Trinajstić information content (AvgIpc) is 2.49. The van der Waals surface area contributed by atoms with E-state index in [-0.39, 0.29) is 5.92 Å². The van der Waals surface area contributed by atoms with E-state index in [9.17, 15) is 4.79 Å². The van der Waals surface area contributed by atoms with E-state index >= 15 is 0 Å². The van der Waals surface area contributed by atoms with Gasteiger partial charge in [-0.3, -0.25) is 10.2 Å². The molecule has 5 heteroatoms. The van der Waals surface area contributed by atoms with Gasteiger partial charge < -0.3 is 0 Å². The molecule has 0 aliphatic heterocycles. The predicted octanol–water partition coefficient (Wildman–Crippen LogP) is 5.26. The third-order valence-corrected chi connectivity index (χ3v) is 3.43. The molecule has 120 valence electrons. The highest BCUT2D eigenvalue weighted by Crippen LogP contribution is 2.15. The molecule has 23 heavy (non-hydrogen) atoms. The quantitative estimate of drug-likeness (QED) is 0.472. The van der Waals surface area contributed by atoms with Crippen LogP contribution in [0.4, 0.5) is 10.5 Å². The highest BCUT2D eigenvalue weighted by molar-refractivity contribution is 6.30. The molecule has 2 aromatic rings. The van der Waals surface area contributed by atoms with Crippen molar-refractivity contribution in [2.24, 2.45) is 11.1 Å². The second-order valence-electron chi connectivity index (χ2n) is 5.51. The lowest BCUT2D eigenvalue weighted by Crippen LogP contribution is -2.15. The smallest absolute Gasteiger partial charge is 0.297 e. The number of hydrogen-bond acceptors (Lipinski definition) is 3. The van der Waals surface area contributed by atoms with Crippen LogP contribution in [0, 0.1) is 12.8 Å². The molecule has 0 aliphatic rings. The van der Waals surface area contributed by atoms with Gasteiger partial charge in [-0.2, -0.15) is 0 Å². The number of nitrogens with zero attached hydrogens (tertiary/aromatic N) is 1. The number of anilines is 1. The third kappa shape index (κ3) is 5.11. The van der Waals surface area contributed by atoms with E-state index in [4.69, 9.17) is 16.4 Å². The number of hydrogen-bond donors (Lipinski definition) is 1. The number of aryl methyl sites for hydroxylation is 1. The van der Waals surface area contributed by atoms with Crippen molar-refractivity contribution in [1.82, 2.24) is 0 Å². The fourth-order valence-electron chi connectivity index (χ4n) is 2.01. The molecular weight excluding hydrogens is 312 g/mol. The molecular formula is C18H19ClN2O2. The number of rotatable bonds is 4. The maximum absolute atomic E-state index is 11.9. The maximum atomic E-state index is 11.9. The normalized spacial score (nSPS) is 11.4. The van der Waals surface area contributed by atoms with Crippen LogP contribution in [0.5, 0.6) is 0 Å². The van der Waals surface area contributed by atoms with E-state index in [2.05, 4.69) is 10.5 Å². The van der Waals surface area contributed by atoms with Crippen LogP contribution in [0.2, 0.25) is 5.02 Å². The van der Waals surface area contributed by atoms with Crippen LogP contribution >= 0.6 is 11.6 Å². The van der Waals surface area contributed by atoms with Gasteiger partial charge in [0.25, 0.3) is 0 Å². The van der Waals surface area contributed by atoms with Gasteiger partial charge in [-0.1, -0.05) is 66.5 Å². The lowest BCUT2D eigenvalue weighted by molar-refractivity contribution is 0.166. The van der Waals surface area contributed by atoms with Crippen molar-refractivity contribution in [1.29, 1.82) is 0 Å². The molecule has 0 saturated carbocycles. The Labute approximate surface area is 141 Å². The highest BCUT2D eigenvalue weighted by atomic mass is 35.5. The second kappa shape index (κ2) is 7.79. The van der Waals surface area contributed by atoms with Crippen molar-refractivity contribution in [3.63, 3.8) is 0 Å². The van der Waals surface area contributed by atoms with Crippen molar-refractivity contribution in [2.45, 2.75) is 20.8 Å². The average molecular weight is 331 g/mol. The monoisotopic (exact) mass is 330 g/mol. The van der Waals surface area contributed by atoms with Crippen LogP contribution in [0.25, 0.3) is 0 Å². The van der Waals surface area contributed by atoms with E-state index in [1.807, 2.05) is 45.0 Å². The lowest BCUT2D eigenvalue weighted by Gasteiger charge is -2.10. The van der Waals surface area contributed by atoms with Gasteiger partial charge in [-0.05, 0) is 36.6 Å². The van der Waals surface area contributed by atoms with E-state index in [1.165, 1.54) is 0 Å². The van der Waals surface area contributed by atoms with Crippen LogP contribution in [-0.4, -0.2) is 11.8 Å². The van der Waals surface area contributed by atoms with Crippen molar-refractivity contribution < 1.29 is 9.63 Å². The first-order valence-electron chi connectivity index (χ1n) is 7.34. The molecule has 0 unspecified atom stereocenters. The number of carbonyl (C=O) groups excluding carboxylic acids is 1. The molecule has 0 spiro atoms. The van der Waals surface area contributed by atoms with Crippen molar-refractivity contribution in [2.75, 3.05) is 5.32 Å². The minimum atomic E-state index is -0.655. The SMILES string of the molecule is Cc1ccc(/C(=N/OC(=O)Nc2cccc(Cl)c2)C(C)C)cc1. The molecule has 1 N–H and O–H groups in total. The zero-order valence-electron chi connectivity index (χ0n) is 13.3. The van der Waals surface area contributed by atoms with Gasteiger partial charge in [0, 0.05) is 10.7 Å². The molecule has 4 nitrogen and oxygen atoms in total. The van der Waals surface area contributed by atoms with E-state index < -0.39 is 6.09 Å². The number of amides is 1. The van der Waals surface area contributed by atoms with Crippen LogP contribution < -0.4 is 5.32 Å². The Morgan fingerprint density at radius 2 is 1.87 bits per heavy atom. The van der Waals surface area contributed by atoms with Crippen LogP contribution in [-0.2, 0) is 4.84 Å². The first-order valence-corrected chi connectivity index (χ1v) is 7.72. The minimum absolute atomic E-state index is 0.122. The predicted molar refractivity (Wildman–Crippen MR) is 94.1 cm³/mol. The highest BCUT2D eigenvalue weighted by Gasteiger charge is 2.11. The summed E-state index contributed by atoms with van der Waals surface area (Å²) in [5.41, 5.74) is 3.36. The summed E-state index contributed by atoms with van der Waals surface area (Å²) in [6.07, 6.45) is -0.655. The van der Waals surface area contributed by atoms with E-state index in [1.54, 1.807) is 24.3 Å². The Bertz CT molecular complexity index is 709. The Morgan fingerprint density at radius 1 is 1.17 bits per heavy atom. The Hall–Kier alpha value is -2.33. The largest absolute Gasteiger partial charge is 0.437 e. The molecule has 0 saturated heterocycles. The van der Waals surface area contributed by atoms with Gasteiger partial charge in [0.05, 0.1) is 5.71 Å². The van der Waals surface area contributed by atoms with Gasteiger partial charge in [0.15, 0.2) is 0 Å². The van der Waals surface area contributed by atoms with Crippen molar-refractivity contribution >= 4 is 29.1 Å². The van der Waals surface area contributed by atoms with Crippen LogP contribution in [0.15, 0.2) is 53.7 Å². The van der Waals surface area contributed by atoms with Gasteiger partial charge in [-0.15, -0.1) is 0 Å². The Morgan fingerprint density at radius 3 is 2.48 bits per heavy atom. The summed E-state index contributed by atoms with van der Waals surface area (Å²) in [5, 5.41) is 7.13. The molecule has 0 fully saturated rings. The van der Waals surface area contributed by atoms with Gasteiger partial charge in [0.2, 0.25) is 0 Å². The fraction of sp³-hybridized carbons (Fsp3) is 0.222. The summed E-state index contributed by atoms with van der Waals surface area (Å²) in [6, 6.07) is 14.8. The molecule has 0 heterocycles. The molecule has 2 aromatic carbocycles. The third-order valence-electron chi connectivity index (χ3n) is 3.19.